The fraction of sp³-hybridized carbons (Fsp3) is 0.300. The molecule has 0 saturated heterocycles. The second-order valence-corrected chi connectivity index (χ2v) is 5.75. The Balaban J connectivity index is 2.19. The fourth-order valence-corrected chi connectivity index (χ4v) is 2.35. The zero-order valence-electron chi connectivity index (χ0n) is 15.6. The van der Waals surface area contributed by atoms with Gasteiger partial charge in [0.2, 0.25) is 0 Å². The highest BCUT2D eigenvalue weighted by atomic mass is 16.5. The van der Waals surface area contributed by atoms with E-state index in [0.29, 0.717) is 35.1 Å². The largest absolute Gasteiger partial charge is 0.497 e. The summed E-state index contributed by atoms with van der Waals surface area (Å²) in [5, 5.41) is 8.64. The molecule has 7 heteroatoms. The molecular formula is C20H23NO6. The minimum atomic E-state index is -1.05. The molecule has 2 rings (SSSR count). The molecule has 0 bridgehead atoms. The van der Waals surface area contributed by atoms with Crippen molar-refractivity contribution in [1.29, 1.82) is 0 Å². The third-order valence-electron chi connectivity index (χ3n) is 3.77. The van der Waals surface area contributed by atoms with Crippen LogP contribution in [0.5, 0.6) is 17.2 Å². The molecule has 2 aromatic carbocycles. The number of carboxylic acid groups (broad SMARTS) is 1. The maximum absolute atomic E-state index is 12.9. The molecule has 7 nitrogen and oxygen atoms in total. The first kappa shape index (κ1) is 20.1. The van der Waals surface area contributed by atoms with Gasteiger partial charge in [0.05, 0.1) is 19.3 Å². The van der Waals surface area contributed by atoms with Crippen LogP contribution in [0.4, 0.5) is 5.69 Å². The SMILES string of the molecule is CCCOc1cc(OC)ccc1C(=O)N(C)c1ccc(OCC(=O)O)cc1. The summed E-state index contributed by atoms with van der Waals surface area (Å²) in [5.74, 6) is 0.210. The Kier molecular flexibility index (Phi) is 7.05. The summed E-state index contributed by atoms with van der Waals surface area (Å²) in [7, 11) is 3.21. The van der Waals surface area contributed by atoms with Gasteiger partial charge in [-0.3, -0.25) is 4.79 Å². The first-order valence-electron chi connectivity index (χ1n) is 8.49. The molecule has 0 aliphatic heterocycles. The number of hydrogen-bond donors (Lipinski definition) is 1. The van der Waals surface area contributed by atoms with Gasteiger partial charge in [0.15, 0.2) is 6.61 Å². The average Bonchev–Trinajstić information content (AvgIpc) is 2.69. The van der Waals surface area contributed by atoms with Gasteiger partial charge in [0.25, 0.3) is 5.91 Å². The number of carbonyl (C=O) groups is 2. The predicted molar refractivity (Wildman–Crippen MR) is 101 cm³/mol. The molecule has 2 aromatic rings. The van der Waals surface area contributed by atoms with Gasteiger partial charge in [-0.1, -0.05) is 6.92 Å². The molecule has 0 atom stereocenters. The van der Waals surface area contributed by atoms with Crippen LogP contribution in [-0.2, 0) is 4.79 Å². The van der Waals surface area contributed by atoms with E-state index >= 15 is 0 Å². The van der Waals surface area contributed by atoms with Crippen LogP contribution in [0.1, 0.15) is 23.7 Å². The van der Waals surface area contributed by atoms with E-state index < -0.39 is 12.6 Å². The van der Waals surface area contributed by atoms with E-state index in [1.165, 1.54) is 4.90 Å². The second kappa shape index (κ2) is 9.47. The Morgan fingerprint density at radius 1 is 1.04 bits per heavy atom. The molecular weight excluding hydrogens is 350 g/mol. The molecule has 0 saturated carbocycles. The van der Waals surface area contributed by atoms with Crippen molar-refractivity contribution in [2.24, 2.45) is 0 Å². The Labute approximate surface area is 158 Å². The van der Waals surface area contributed by atoms with E-state index in [4.69, 9.17) is 19.3 Å². The Bertz CT molecular complexity index is 788. The first-order valence-corrected chi connectivity index (χ1v) is 8.49. The number of amides is 1. The van der Waals surface area contributed by atoms with Gasteiger partial charge in [-0.15, -0.1) is 0 Å². The van der Waals surface area contributed by atoms with E-state index in [1.807, 2.05) is 6.92 Å². The number of carbonyl (C=O) groups excluding carboxylic acids is 1. The number of carboxylic acids is 1. The van der Waals surface area contributed by atoms with Crippen LogP contribution < -0.4 is 19.1 Å². The van der Waals surface area contributed by atoms with Crippen molar-refractivity contribution in [1.82, 2.24) is 0 Å². The number of nitrogens with zero attached hydrogens (tertiary/aromatic N) is 1. The molecule has 0 aliphatic carbocycles. The number of aliphatic carboxylic acids is 1. The summed E-state index contributed by atoms with van der Waals surface area (Å²) in [6, 6.07) is 11.7. The van der Waals surface area contributed by atoms with Gasteiger partial charge >= 0.3 is 5.97 Å². The molecule has 1 N–H and O–H groups in total. The number of methoxy groups -OCH3 is 1. The monoisotopic (exact) mass is 373 g/mol. The van der Waals surface area contributed by atoms with E-state index in [2.05, 4.69) is 0 Å². The van der Waals surface area contributed by atoms with Crippen LogP contribution in [0.15, 0.2) is 42.5 Å². The molecule has 144 valence electrons. The van der Waals surface area contributed by atoms with Gasteiger partial charge in [-0.2, -0.15) is 0 Å². The van der Waals surface area contributed by atoms with Crippen LogP contribution in [-0.4, -0.2) is 44.4 Å². The van der Waals surface area contributed by atoms with E-state index in [-0.39, 0.29) is 5.91 Å². The van der Waals surface area contributed by atoms with Crippen molar-refractivity contribution >= 4 is 17.6 Å². The Morgan fingerprint density at radius 3 is 2.30 bits per heavy atom. The fourth-order valence-electron chi connectivity index (χ4n) is 2.35. The molecule has 0 unspecified atom stereocenters. The molecule has 1 amide bonds. The van der Waals surface area contributed by atoms with Crippen LogP contribution in [0, 0.1) is 0 Å². The van der Waals surface area contributed by atoms with Crippen molar-refractivity contribution in [2.45, 2.75) is 13.3 Å². The molecule has 0 radical (unpaired) electrons. The molecule has 0 spiro atoms. The molecule has 0 fully saturated rings. The minimum Gasteiger partial charge on any atom is -0.497 e. The lowest BCUT2D eigenvalue weighted by atomic mass is 10.1. The van der Waals surface area contributed by atoms with E-state index in [9.17, 15) is 9.59 Å². The third-order valence-corrected chi connectivity index (χ3v) is 3.77. The van der Waals surface area contributed by atoms with Gasteiger partial charge in [0, 0.05) is 18.8 Å². The lowest BCUT2D eigenvalue weighted by Crippen LogP contribution is -2.26. The quantitative estimate of drug-likeness (QED) is 0.726. The van der Waals surface area contributed by atoms with Crippen LogP contribution in [0.3, 0.4) is 0 Å². The lowest BCUT2D eigenvalue weighted by molar-refractivity contribution is -0.139. The second-order valence-electron chi connectivity index (χ2n) is 5.75. The maximum atomic E-state index is 12.9. The highest BCUT2D eigenvalue weighted by Crippen LogP contribution is 2.28. The van der Waals surface area contributed by atoms with Crippen molar-refractivity contribution in [2.75, 3.05) is 32.3 Å². The van der Waals surface area contributed by atoms with Gasteiger partial charge in [0.1, 0.15) is 17.2 Å². The maximum Gasteiger partial charge on any atom is 0.341 e. The summed E-state index contributed by atoms with van der Waals surface area (Å²) in [5.41, 5.74) is 1.07. The lowest BCUT2D eigenvalue weighted by Gasteiger charge is -2.20. The number of hydrogen-bond acceptors (Lipinski definition) is 5. The van der Waals surface area contributed by atoms with Crippen molar-refractivity contribution in [3.8, 4) is 17.2 Å². The summed E-state index contributed by atoms with van der Waals surface area (Å²) >= 11 is 0. The first-order chi connectivity index (χ1) is 13.0. The smallest absolute Gasteiger partial charge is 0.341 e. The van der Waals surface area contributed by atoms with Gasteiger partial charge in [-0.05, 0) is 42.8 Å². The molecule has 0 aliphatic rings. The van der Waals surface area contributed by atoms with Crippen LogP contribution in [0.25, 0.3) is 0 Å². The number of anilines is 1. The molecule has 0 heterocycles. The van der Waals surface area contributed by atoms with E-state index in [1.54, 1.807) is 56.6 Å². The summed E-state index contributed by atoms with van der Waals surface area (Å²) in [4.78, 5) is 25.0. The zero-order chi connectivity index (χ0) is 19.8. The molecule has 27 heavy (non-hydrogen) atoms. The van der Waals surface area contributed by atoms with Crippen molar-refractivity contribution in [3.05, 3.63) is 48.0 Å². The minimum absolute atomic E-state index is 0.233. The third kappa shape index (κ3) is 5.37. The van der Waals surface area contributed by atoms with Gasteiger partial charge in [-0.25, -0.2) is 4.79 Å². The van der Waals surface area contributed by atoms with Crippen LogP contribution >= 0.6 is 0 Å². The normalized spacial score (nSPS) is 10.2. The zero-order valence-corrected chi connectivity index (χ0v) is 15.6. The summed E-state index contributed by atoms with van der Waals surface area (Å²) in [6.07, 6.45) is 0.818. The molecule has 0 aromatic heterocycles. The van der Waals surface area contributed by atoms with Crippen molar-refractivity contribution in [3.63, 3.8) is 0 Å². The number of benzene rings is 2. The Morgan fingerprint density at radius 2 is 1.70 bits per heavy atom. The van der Waals surface area contributed by atoms with Gasteiger partial charge < -0.3 is 24.2 Å². The number of rotatable bonds is 9. The van der Waals surface area contributed by atoms with Crippen molar-refractivity contribution < 1.29 is 28.9 Å². The topological polar surface area (TPSA) is 85.3 Å². The average molecular weight is 373 g/mol. The van der Waals surface area contributed by atoms with Crippen LogP contribution in [0.2, 0.25) is 0 Å². The number of ether oxygens (including phenoxy) is 3. The predicted octanol–water partition coefficient (Wildman–Crippen LogP) is 3.22. The Hall–Kier alpha value is -3.22. The summed E-state index contributed by atoms with van der Waals surface area (Å²) < 4.78 is 16.0. The standard InChI is InChI=1S/C20H23NO6/c1-4-11-26-18-12-16(25-3)9-10-17(18)20(24)21(2)14-5-7-15(8-6-14)27-13-19(22)23/h5-10,12H,4,11,13H2,1-3H3,(H,22,23). The highest BCUT2D eigenvalue weighted by Gasteiger charge is 2.19. The van der Waals surface area contributed by atoms with E-state index in [0.717, 1.165) is 6.42 Å². The highest BCUT2D eigenvalue weighted by molar-refractivity contribution is 6.07. The summed E-state index contributed by atoms with van der Waals surface area (Å²) in [6.45, 7) is 2.06.